The van der Waals surface area contributed by atoms with Gasteiger partial charge in [0.1, 0.15) is 11.4 Å². The van der Waals surface area contributed by atoms with E-state index < -0.39 is 16.0 Å². The van der Waals surface area contributed by atoms with Gasteiger partial charge in [0.15, 0.2) is 0 Å². The topological polar surface area (TPSA) is 108 Å². The highest BCUT2D eigenvalue weighted by Gasteiger charge is 2.39. The van der Waals surface area contributed by atoms with Crippen molar-refractivity contribution >= 4 is 28.4 Å². The highest BCUT2D eigenvalue weighted by molar-refractivity contribution is 7.89. The second kappa shape index (κ2) is 6.95. The fraction of sp³-hybridized carbons (Fsp3) is 0.667. The molecule has 1 unspecified atom stereocenters. The Balaban J connectivity index is 0.00000242. The van der Waals surface area contributed by atoms with Crippen molar-refractivity contribution in [3.05, 3.63) is 12.4 Å². The van der Waals surface area contributed by atoms with Crippen molar-refractivity contribution in [1.82, 2.24) is 14.1 Å². The number of halogens is 1. The van der Waals surface area contributed by atoms with Crippen LogP contribution in [0.2, 0.25) is 0 Å². The molecule has 1 aromatic heterocycles. The van der Waals surface area contributed by atoms with Crippen molar-refractivity contribution in [3.8, 4) is 0 Å². The molecule has 0 radical (unpaired) electrons. The van der Waals surface area contributed by atoms with E-state index in [-0.39, 0.29) is 29.3 Å². The minimum atomic E-state index is -3.60. The number of carbonyl (C=O) groups is 1. The molecule has 1 aliphatic heterocycles. The Morgan fingerprint density at radius 2 is 2.23 bits per heavy atom. The maximum absolute atomic E-state index is 12.5. The molecule has 2 rings (SSSR count). The Kier molecular flexibility index (Phi) is 5.96. The number of methoxy groups -OCH3 is 1. The van der Waals surface area contributed by atoms with Gasteiger partial charge in [0, 0.05) is 19.3 Å². The van der Waals surface area contributed by atoms with Crippen molar-refractivity contribution in [2.75, 3.05) is 26.7 Å². The van der Waals surface area contributed by atoms with Crippen LogP contribution in [-0.2, 0) is 26.1 Å². The Morgan fingerprint density at radius 1 is 1.55 bits per heavy atom. The molecule has 10 heteroatoms. The van der Waals surface area contributed by atoms with Crippen molar-refractivity contribution in [2.24, 2.45) is 11.1 Å². The number of hydrogen-bond donors (Lipinski definition) is 1. The van der Waals surface area contributed by atoms with Gasteiger partial charge in [-0.3, -0.25) is 9.48 Å². The summed E-state index contributed by atoms with van der Waals surface area (Å²) in [4.78, 5) is 11.2. The molecule has 1 atom stereocenters. The quantitative estimate of drug-likeness (QED) is 0.737. The molecule has 2 N–H and O–H groups in total. The average Bonchev–Trinajstić information content (AvgIpc) is 3.07. The molecule has 1 aliphatic rings. The molecule has 0 saturated carbocycles. The third-order valence-corrected chi connectivity index (χ3v) is 5.58. The van der Waals surface area contributed by atoms with E-state index in [1.54, 1.807) is 0 Å². The summed E-state index contributed by atoms with van der Waals surface area (Å²) < 4.78 is 32.2. The molecular formula is C12H21ClN4O4S. The Morgan fingerprint density at radius 3 is 2.77 bits per heavy atom. The number of aromatic nitrogens is 2. The number of rotatable bonds is 5. The molecular weight excluding hydrogens is 332 g/mol. The molecule has 1 fully saturated rings. The van der Waals surface area contributed by atoms with Crippen LogP contribution in [0.25, 0.3) is 0 Å². The average molecular weight is 353 g/mol. The number of ether oxygens (including phenoxy) is 1. The summed E-state index contributed by atoms with van der Waals surface area (Å²) >= 11 is 0. The van der Waals surface area contributed by atoms with E-state index >= 15 is 0 Å². The SMILES string of the molecule is COC(=O)Cn1cc(S(=O)(=O)N2CCC(C)(CN)C2)cn1.Cl. The Labute approximate surface area is 136 Å². The van der Waals surface area contributed by atoms with E-state index in [4.69, 9.17) is 5.73 Å². The number of esters is 1. The third kappa shape index (κ3) is 3.78. The van der Waals surface area contributed by atoms with Gasteiger partial charge in [0.25, 0.3) is 0 Å². The van der Waals surface area contributed by atoms with Crippen molar-refractivity contribution in [1.29, 1.82) is 0 Å². The van der Waals surface area contributed by atoms with Crippen LogP contribution in [0, 0.1) is 5.41 Å². The van der Waals surface area contributed by atoms with Crippen LogP contribution in [0.5, 0.6) is 0 Å². The van der Waals surface area contributed by atoms with Gasteiger partial charge in [0.2, 0.25) is 10.0 Å². The van der Waals surface area contributed by atoms with Gasteiger partial charge in [-0.25, -0.2) is 8.42 Å². The fourth-order valence-corrected chi connectivity index (χ4v) is 3.81. The first-order chi connectivity index (χ1) is 9.80. The van der Waals surface area contributed by atoms with E-state index in [1.165, 1.54) is 28.5 Å². The predicted molar refractivity (Wildman–Crippen MR) is 82.0 cm³/mol. The van der Waals surface area contributed by atoms with Gasteiger partial charge in [-0.2, -0.15) is 9.40 Å². The molecule has 1 aromatic rings. The Hall–Kier alpha value is -1.16. The smallest absolute Gasteiger partial charge is 0.327 e. The summed E-state index contributed by atoms with van der Waals surface area (Å²) in [5, 5.41) is 3.88. The minimum Gasteiger partial charge on any atom is -0.468 e. The Bertz CT molecular complexity index is 633. The normalized spacial score (nSPS) is 22.3. The summed E-state index contributed by atoms with van der Waals surface area (Å²) in [6.45, 7) is 3.14. The van der Waals surface area contributed by atoms with Crippen molar-refractivity contribution < 1.29 is 17.9 Å². The van der Waals surface area contributed by atoms with Crippen LogP contribution in [0.3, 0.4) is 0 Å². The predicted octanol–water partition coefficient (Wildman–Crippen LogP) is -0.163. The van der Waals surface area contributed by atoms with E-state index in [2.05, 4.69) is 9.84 Å². The summed E-state index contributed by atoms with van der Waals surface area (Å²) in [5.41, 5.74) is 5.51. The van der Waals surface area contributed by atoms with E-state index in [9.17, 15) is 13.2 Å². The molecule has 8 nitrogen and oxygen atoms in total. The summed E-state index contributed by atoms with van der Waals surface area (Å²) in [5.74, 6) is -0.487. The second-order valence-electron chi connectivity index (χ2n) is 5.55. The van der Waals surface area contributed by atoms with Gasteiger partial charge in [-0.05, 0) is 18.4 Å². The highest BCUT2D eigenvalue weighted by atomic mass is 35.5. The first kappa shape index (κ1) is 18.9. The van der Waals surface area contributed by atoms with Crippen LogP contribution in [-0.4, -0.2) is 55.2 Å². The molecule has 0 amide bonds. The van der Waals surface area contributed by atoms with Crippen LogP contribution >= 0.6 is 12.4 Å². The van der Waals surface area contributed by atoms with Gasteiger partial charge in [0.05, 0.1) is 13.3 Å². The zero-order valence-corrected chi connectivity index (χ0v) is 14.2. The van der Waals surface area contributed by atoms with Crippen LogP contribution in [0.15, 0.2) is 17.3 Å². The van der Waals surface area contributed by atoms with Crippen LogP contribution < -0.4 is 5.73 Å². The lowest BCUT2D eigenvalue weighted by atomic mass is 9.90. The lowest BCUT2D eigenvalue weighted by Crippen LogP contribution is -2.34. The molecule has 0 aliphatic carbocycles. The number of nitrogens with two attached hydrogens (primary N) is 1. The lowest BCUT2D eigenvalue weighted by molar-refractivity contribution is -0.141. The number of carbonyl (C=O) groups excluding carboxylic acids is 1. The maximum Gasteiger partial charge on any atom is 0.327 e. The molecule has 0 spiro atoms. The van der Waals surface area contributed by atoms with Crippen LogP contribution in [0.1, 0.15) is 13.3 Å². The molecule has 1 saturated heterocycles. The number of sulfonamides is 1. The van der Waals surface area contributed by atoms with Crippen LogP contribution in [0.4, 0.5) is 0 Å². The second-order valence-corrected chi connectivity index (χ2v) is 7.49. The van der Waals surface area contributed by atoms with E-state index in [0.717, 1.165) is 6.42 Å². The lowest BCUT2D eigenvalue weighted by Gasteiger charge is -2.21. The summed E-state index contributed by atoms with van der Waals surface area (Å²) in [6.07, 6.45) is 3.32. The zero-order chi connectivity index (χ0) is 15.7. The minimum absolute atomic E-state index is 0. The third-order valence-electron chi connectivity index (χ3n) is 3.78. The maximum atomic E-state index is 12.5. The first-order valence-electron chi connectivity index (χ1n) is 6.60. The van der Waals surface area contributed by atoms with Gasteiger partial charge < -0.3 is 10.5 Å². The number of nitrogens with zero attached hydrogens (tertiary/aromatic N) is 3. The van der Waals surface area contributed by atoms with E-state index in [0.29, 0.717) is 19.6 Å². The van der Waals surface area contributed by atoms with Gasteiger partial charge in [-0.15, -0.1) is 12.4 Å². The largest absolute Gasteiger partial charge is 0.468 e. The number of hydrogen-bond acceptors (Lipinski definition) is 6. The molecule has 126 valence electrons. The molecule has 0 aromatic carbocycles. The fourth-order valence-electron chi connectivity index (χ4n) is 2.26. The zero-order valence-electron chi connectivity index (χ0n) is 12.6. The van der Waals surface area contributed by atoms with Gasteiger partial charge >= 0.3 is 5.97 Å². The highest BCUT2D eigenvalue weighted by Crippen LogP contribution is 2.32. The molecule has 2 heterocycles. The van der Waals surface area contributed by atoms with E-state index in [1.807, 2.05) is 6.92 Å². The summed E-state index contributed by atoms with van der Waals surface area (Å²) in [7, 11) is -2.33. The van der Waals surface area contributed by atoms with Crippen molar-refractivity contribution in [3.63, 3.8) is 0 Å². The van der Waals surface area contributed by atoms with Gasteiger partial charge in [-0.1, -0.05) is 6.92 Å². The first-order valence-corrected chi connectivity index (χ1v) is 8.04. The summed E-state index contributed by atoms with van der Waals surface area (Å²) in [6, 6.07) is 0. The molecule has 0 bridgehead atoms. The van der Waals surface area contributed by atoms with Crippen molar-refractivity contribution in [2.45, 2.75) is 24.8 Å². The molecule has 22 heavy (non-hydrogen) atoms. The monoisotopic (exact) mass is 352 g/mol. The standard InChI is InChI=1S/C12H20N4O4S.ClH/c1-12(8-13)3-4-16(9-12)21(18,19)10-5-14-15(6-10)7-11(17)20-2;/h5-6H,3-4,7-9,13H2,1-2H3;1H.